The second-order valence-electron chi connectivity index (χ2n) is 4.43. The molecule has 0 saturated carbocycles. The first-order valence-electron chi connectivity index (χ1n) is 5.66. The molecule has 0 bridgehead atoms. The summed E-state index contributed by atoms with van der Waals surface area (Å²) in [5.74, 6) is 0.833. The normalized spacial score (nSPS) is 9.20. The van der Waals surface area contributed by atoms with Gasteiger partial charge in [0.25, 0.3) is 0 Å². The van der Waals surface area contributed by atoms with E-state index in [-0.39, 0.29) is 0 Å². The van der Waals surface area contributed by atoms with Gasteiger partial charge in [0.05, 0.1) is 0 Å². The third-order valence-electron chi connectivity index (χ3n) is 0.987. The van der Waals surface area contributed by atoms with Crippen molar-refractivity contribution in [3.8, 4) is 0 Å². The van der Waals surface area contributed by atoms with E-state index in [1.807, 2.05) is 52.1 Å². The zero-order valence-corrected chi connectivity index (χ0v) is 12.6. The molecule has 0 aromatic rings. The van der Waals surface area contributed by atoms with Crippen molar-refractivity contribution in [2.45, 2.75) is 32.6 Å². The minimum Gasteiger partial charge on any atom is -0.312 e. The van der Waals surface area contributed by atoms with Gasteiger partial charge in [0.1, 0.15) is 0 Å². The Hall–Kier alpha value is 0.210. The summed E-state index contributed by atoms with van der Waals surface area (Å²) >= 11 is 5.44. The Bertz CT molecular complexity index is 70.2. The first-order chi connectivity index (χ1) is 6.88. The predicted octanol–water partition coefficient (Wildman–Crippen LogP) is 3.16. The molecule has 0 N–H and O–H groups in total. The highest BCUT2D eigenvalue weighted by molar-refractivity contribution is 6.17. The fourth-order valence-corrected chi connectivity index (χ4v) is 0.710. The number of hydrogen-bond acceptors (Lipinski definition) is 2. The van der Waals surface area contributed by atoms with Crippen molar-refractivity contribution in [1.82, 2.24) is 9.80 Å². The molecule has 0 aromatic heterocycles. The van der Waals surface area contributed by atoms with Gasteiger partial charge < -0.3 is 9.80 Å². The highest BCUT2D eigenvalue weighted by Gasteiger charge is 1.81. The summed E-state index contributed by atoms with van der Waals surface area (Å²) in [7, 11) is 12.0. The molecule has 0 saturated heterocycles. The van der Waals surface area contributed by atoms with Gasteiger partial charge >= 0.3 is 0 Å². The molecule has 0 fully saturated rings. The summed E-state index contributed by atoms with van der Waals surface area (Å²) in [6, 6.07) is 0. The van der Waals surface area contributed by atoms with Crippen LogP contribution in [0.5, 0.6) is 0 Å². The van der Waals surface area contributed by atoms with Crippen LogP contribution in [0.2, 0.25) is 0 Å². The van der Waals surface area contributed by atoms with Crippen LogP contribution in [0.25, 0.3) is 0 Å². The van der Waals surface area contributed by atoms with Crippen LogP contribution < -0.4 is 0 Å². The van der Waals surface area contributed by atoms with Gasteiger partial charge in [-0.3, -0.25) is 0 Å². The molecule has 0 amide bonds. The van der Waals surface area contributed by atoms with Gasteiger partial charge in [-0.2, -0.15) is 0 Å². The van der Waals surface area contributed by atoms with Crippen LogP contribution in [0.1, 0.15) is 32.6 Å². The van der Waals surface area contributed by atoms with Crippen LogP contribution in [-0.2, 0) is 0 Å². The Kier molecular flexibility index (Phi) is 27.1. The van der Waals surface area contributed by atoms with Gasteiger partial charge in [0, 0.05) is 5.88 Å². The number of unbranched alkanes of at least 4 members (excludes halogenated alkanes) is 3. The van der Waals surface area contributed by atoms with Gasteiger partial charge in [-0.15, -0.1) is 11.6 Å². The maximum atomic E-state index is 5.44. The quantitative estimate of drug-likeness (QED) is 0.549. The molecular weight excluding hydrogens is 208 g/mol. The molecule has 15 heavy (non-hydrogen) atoms. The minimum absolute atomic E-state index is 0.833. The lowest BCUT2D eigenvalue weighted by molar-refractivity contribution is 0.505. The number of nitrogens with zero attached hydrogens (tertiary/aromatic N) is 2. The monoisotopic (exact) mass is 238 g/mol. The summed E-state index contributed by atoms with van der Waals surface area (Å²) in [5, 5.41) is 0. The maximum Gasteiger partial charge on any atom is 0.0223 e. The Balaban J connectivity index is -0.000000155. The maximum absolute atomic E-state index is 5.44. The smallest absolute Gasteiger partial charge is 0.0223 e. The van der Waals surface area contributed by atoms with Gasteiger partial charge in [-0.1, -0.05) is 26.2 Å². The molecule has 96 valence electrons. The summed E-state index contributed by atoms with van der Waals surface area (Å²) in [6.45, 7) is 2.20. The van der Waals surface area contributed by atoms with E-state index in [1.165, 1.54) is 25.7 Å². The first-order valence-corrected chi connectivity index (χ1v) is 6.19. The molecule has 0 aromatic carbocycles. The second-order valence-corrected chi connectivity index (χ2v) is 4.81. The van der Waals surface area contributed by atoms with E-state index in [2.05, 4.69) is 6.92 Å². The van der Waals surface area contributed by atoms with Crippen LogP contribution in [0.15, 0.2) is 0 Å². The van der Waals surface area contributed by atoms with Crippen LogP contribution in [-0.4, -0.2) is 58.0 Å². The van der Waals surface area contributed by atoms with Gasteiger partial charge in [-0.25, -0.2) is 0 Å². The van der Waals surface area contributed by atoms with E-state index >= 15 is 0 Å². The van der Waals surface area contributed by atoms with E-state index in [4.69, 9.17) is 11.6 Å². The van der Waals surface area contributed by atoms with Crippen molar-refractivity contribution < 1.29 is 0 Å². The van der Waals surface area contributed by atoms with Gasteiger partial charge in [0.15, 0.2) is 0 Å². The lowest BCUT2D eigenvalue weighted by Crippen LogP contribution is -1.99. The van der Waals surface area contributed by atoms with Gasteiger partial charge in [-0.05, 0) is 48.7 Å². The third-order valence-corrected chi connectivity index (χ3v) is 1.25. The van der Waals surface area contributed by atoms with Crippen molar-refractivity contribution in [2.75, 3.05) is 48.2 Å². The standard InChI is InChI=1S/C6H13Cl.2C3H9N/c1-2-3-4-5-6-7;2*1-4(2)3/h2-6H2,1H3;2*1-3H3. The molecule has 0 rings (SSSR count). The molecule has 3 heteroatoms. The molecule has 0 aliphatic rings. The zero-order chi connectivity index (χ0) is 12.7. The fourth-order valence-electron chi connectivity index (χ4n) is 0.521. The largest absolute Gasteiger partial charge is 0.312 e. The molecule has 0 aliphatic carbocycles. The summed E-state index contributed by atoms with van der Waals surface area (Å²) < 4.78 is 0. The van der Waals surface area contributed by atoms with E-state index in [1.54, 1.807) is 0 Å². The van der Waals surface area contributed by atoms with Crippen molar-refractivity contribution in [2.24, 2.45) is 0 Å². The topological polar surface area (TPSA) is 6.48 Å². The number of hydrogen-bond donors (Lipinski definition) is 0. The lowest BCUT2D eigenvalue weighted by atomic mass is 10.2. The molecule has 0 radical (unpaired) electrons. The van der Waals surface area contributed by atoms with Gasteiger partial charge in [0.2, 0.25) is 0 Å². The molecule has 0 atom stereocenters. The molecule has 0 unspecified atom stereocenters. The fraction of sp³-hybridized carbons (Fsp3) is 1.00. The van der Waals surface area contributed by atoms with Crippen LogP contribution in [0.4, 0.5) is 0 Å². The predicted molar refractivity (Wildman–Crippen MR) is 74.1 cm³/mol. The van der Waals surface area contributed by atoms with Crippen molar-refractivity contribution in [3.63, 3.8) is 0 Å². The summed E-state index contributed by atoms with van der Waals surface area (Å²) in [4.78, 5) is 4.00. The van der Waals surface area contributed by atoms with E-state index in [0.717, 1.165) is 5.88 Å². The molecule has 2 nitrogen and oxygen atoms in total. The van der Waals surface area contributed by atoms with Crippen molar-refractivity contribution >= 4 is 11.6 Å². The third kappa shape index (κ3) is 120. The van der Waals surface area contributed by atoms with Crippen molar-refractivity contribution in [3.05, 3.63) is 0 Å². The lowest BCUT2D eigenvalue weighted by Gasteiger charge is -1.90. The summed E-state index contributed by atoms with van der Waals surface area (Å²) in [6.07, 6.45) is 5.14. The SMILES string of the molecule is CCCCCCCl.CN(C)C.CN(C)C. The first kappa shape index (κ1) is 20.6. The Morgan fingerprint density at radius 3 is 1.27 bits per heavy atom. The molecule has 0 spiro atoms. The van der Waals surface area contributed by atoms with Crippen LogP contribution in [0.3, 0.4) is 0 Å². The molecular formula is C12H31ClN2. The van der Waals surface area contributed by atoms with Crippen molar-refractivity contribution in [1.29, 1.82) is 0 Å². The van der Waals surface area contributed by atoms with Crippen LogP contribution in [0, 0.1) is 0 Å². The Morgan fingerprint density at radius 2 is 1.07 bits per heavy atom. The summed E-state index contributed by atoms with van der Waals surface area (Å²) in [5.41, 5.74) is 0. The zero-order valence-electron chi connectivity index (χ0n) is 11.8. The minimum atomic E-state index is 0.833. The van der Waals surface area contributed by atoms with E-state index < -0.39 is 0 Å². The highest BCUT2D eigenvalue weighted by atomic mass is 35.5. The van der Waals surface area contributed by atoms with E-state index in [9.17, 15) is 0 Å². The average molecular weight is 239 g/mol. The number of rotatable bonds is 4. The Morgan fingerprint density at radius 1 is 0.733 bits per heavy atom. The van der Waals surface area contributed by atoms with E-state index in [0.29, 0.717) is 0 Å². The second kappa shape index (κ2) is 19.7. The number of alkyl halides is 1. The average Bonchev–Trinajstić information content (AvgIpc) is 2.03. The number of halogens is 1. The highest BCUT2D eigenvalue weighted by Crippen LogP contribution is 1.98. The molecule has 0 heterocycles. The van der Waals surface area contributed by atoms with Crippen LogP contribution >= 0.6 is 11.6 Å². The Labute approximate surface area is 103 Å². The molecule has 0 aliphatic heterocycles.